The van der Waals surface area contributed by atoms with Gasteiger partial charge in [0.1, 0.15) is 5.82 Å². The van der Waals surface area contributed by atoms with E-state index >= 15 is 0 Å². The van der Waals surface area contributed by atoms with E-state index in [-0.39, 0.29) is 5.82 Å². The number of pyridine rings is 1. The molecule has 0 bridgehead atoms. The second-order valence-corrected chi connectivity index (χ2v) is 3.61. The SMILES string of the molecule is Cc1nnc2cc(I)c(F)cn12. The fourth-order valence-electron chi connectivity index (χ4n) is 1.00. The van der Waals surface area contributed by atoms with Gasteiger partial charge in [0, 0.05) is 6.20 Å². The van der Waals surface area contributed by atoms with Crippen LogP contribution in [-0.2, 0) is 0 Å². The third kappa shape index (κ3) is 1.08. The van der Waals surface area contributed by atoms with Gasteiger partial charge >= 0.3 is 0 Å². The van der Waals surface area contributed by atoms with Crippen molar-refractivity contribution >= 4 is 28.2 Å². The Labute approximate surface area is 81.7 Å². The minimum atomic E-state index is -0.244. The minimum absolute atomic E-state index is 0.244. The number of halogens is 2. The van der Waals surface area contributed by atoms with Crippen LogP contribution in [0.3, 0.4) is 0 Å². The van der Waals surface area contributed by atoms with Crippen molar-refractivity contribution in [3.8, 4) is 0 Å². The maximum absolute atomic E-state index is 13.0. The Morgan fingerprint density at radius 3 is 3.00 bits per heavy atom. The van der Waals surface area contributed by atoms with E-state index in [2.05, 4.69) is 10.2 Å². The van der Waals surface area contributed by atoms with Crippen molar-refractivity contribution in [1.29, 1.82) is 0 Å². The van der Waals surface area contributed by atoms with Crippen molar-refractivity contribution < 1.29 is 4.39 Å². The van der Waals surface area contributed by atoms with E-state index in [0.29, 0.717) is 15.0 Å². The Morgan fingerprint density at radius 2 is 2.25 bits per heavy atom. The largest absolute Gasteiger partial charge is 0.284 e. The standard InChI is InChI=1S/C7H5FIN3/c1-4-10-11-7-2-6(9)5(8)3-12(4)7/h2-3H,1H3. The molecule has 12 heavy (non-hydrogen) atoms. The normalized spacial score (nSPS) is 10.9. The topological polar surface area (TPSA) is 30.2 Å². The molecule has 2 aromatic rings. The van der Waals surface area contributed by atoms with Crippen LogP contribution in [0, 0.1) is 16.3 Å². The van der Waals surface area contributed by atoms with Crippen LogP contribution < -0.4 is 0 Å². The molecule has 0 atom stereocenters. The number of nitrogens with zero attached hydrogens (tertiary/aromatic N) is 3. The molecular formula is C7H5FIN3. The zero-order chi connectivity index (χ0) is 8.72. The second-order valence-electron chi connectivity index (χ2n) is 2.44. The van der Waals surface area contributed by atoms with E-state index in [1.165, 1.54) is 6.20 Å². The Bertz CT molecular complexity index is 437. The lowest BCUT2D eigenvalue weighted by molar-refractivity contribution is 0.610. The molecule has 0 amide bonds. The number of fused-ring (bicyclic) bond motifs is 1. The monoisotopic (exact) mass is 277 g/mol. The first-order chi connectivity index (χ1) is 5.68. The summed E-state index contributed by atoms with van der Waals surface area (Å²) < 4.78 is 15.2. The zero-order valence-corrected chi connectivity index (χ0v) is 8.41. The molecule has 0 unspecified atom stereocenters. The molecule has 0 N–H and O–H groups in total. The Hall–Kier alpha value is -0.720. The van der Waals surface area contributed by atoms with Crippen molar-refractivity contribution in [3.63, 3.8) is 0 Å². The third-order valence-electron chi connectivity index (χ3n) is 1.62. The summed E-state index contributed by atoms with van der Waals surface area (Å²) in [5.74, 6) is 0.450. The number of rotatable bonds is 0. The first kappa shape index (κ1) is 7.90. The highest BCUT2D eigenvalue weighted by molar-refractivity contribution is 14.1. The average Bonchev–Trinajstić information content (AvgIpc) is 2.35. The van der Waals surface area contributed by atoms with E-state index in [9.17, 15) is 4.39 Å². The van der Waals surface area contributed by atoms with Crippen LogP contribution in [0.15, 0.2) is 12.3 Å². The van der Waals surface area contributed by atoms with E-state index < -0.39 is 0 Å². The molecule has 62 valence electrons. The summed E-state index contributed by atoms with van der Waals surface area (Å²) in [4.78, 5) is 0. The van der Waals surface area contributed by atoms with E-state index in [1.54, 1.807) is 17.4 Å². The number of aromatic nitrogens is 3. The van der Waals surface area contributed by atoms with Gasteiger partial charge in [0.25, 0.3) is 0 Å². The predicted molar refractivity (Wildman–Crippen MR) is 50.4 cm³/mol. The summed E-state index contributed by atoms with van der Waals surface area (Å²) >= 11 is 1.93. The first-order valence-electron chi connectivity index (χ1n) is 3.35. The molecule has 0 spiro atoms. The van der Waals surface area contributed by atoms with Gasteiger partial charge in [-0.25, -0.2) is 4.39 Å². The molecule has 2 rings (SSSR count). The van der Waals surface area contributed by atoms with Crippen molar-refractivity contribution in [2.45, 2.75) is 6.92 Å². The van der Waals surface area contributed by atoms with Crippen LogP contribution in [0.4, 0.5) is 4.39 Å². The molecule has 0 aliphatic carbocycles. The number of aryl methyl sites for hydroxylation is 1. The summed E-state index contributed by atoms with van der Waals surface area (Å²) in [5, 5.41) is 7.68. The van der Waals surface area contributed by atoms with Gasteiger partial charge in [0.05, 0.1) is 3.57 Å². The first-order valence-corrected chi connectivity index (χ1v) is 4.43. The smallest absolute Gasteiger partial charge is 0.162 e. The molecule has 0 radical (unpaired) electrons. The fourth-order valence-corrected chi connectivity index (χ4v) is 1.42. The van der Waals surface area contributed by atoms with Gasteiger partial charge in [-0.2, -0.15) is 0 Å². The van der Waals surface area contributed by atoms with Gasteiger partial charge in [-0.15, -0.1) is 10.2 Å². The van der Waals surface area contributed by atoms with Gasteiger partial charge in [0.2, 0.25) is 0 Å². The molecule has 0 aliphatic rings. The van der Waals surface area contributed by atoms with Crippen LogP contribution in [0.5, 0.6) is 0 Å². The lowest BCUT2D eigenvalue weighted by atomic mass is 10.4. The molecule has 0 aliphatic heterocycles. The number of hydrogen-bond acceptors (Lipinski definition) is 2. The molecule has 0 saturated carbocycles. The summed E-state index contributed by atoms with van der Waals surface area (Å²) in [7, 11) is 0. The lowest BCUT2D eigenvalue weighted by Gasteiger charge is -1.96. The maximum atomic E-state index is 13.0. The van der Waals surface area contributed by atoms with Gasteiger partial charge < -0.3 is 0 Å². The van der Waals surface area contributed by atoms with Gasteiger partial charge in [-0.1, -0.05) is 0 Å². The van der Waals surface area contributed by atoms with Gasteiger partial charge in [-0.3, -0.25) is 4.40 Å². The molecular weight excluding hydrogens is 272 g/mol. The van der Waals surface area contributed by atoms with Crippen LogP contribution in [0.2, 0.25) is 0 Å². The Morgan fingerprint density at radius 1 is 1.50 bits per heavy atom. The van der Waals surface area contributed by atoms with Crippen molar-refractivity contribution in [2.75, 3.05) is 0 Å². The molecule has 0 aromatic carbocycles. The van der Waals surface area contributed by atoms with Crippen LogP contribution in [0.25, 0.3) is 5.65 Å². The van der Waals surface area contributed by atoms with Crippen molar-refractivity contribution in [3.05, 3.63) is 27.5 Å². The average molecular weight is 277 g/mol. The van der Waals surface area contributed by atoms with E-state index in [0.717, 1.165) is 0 Å². The number of hydrogen-bond donors (Lipinski definition) is 0. The van der Waals surface area contributed by atoms with Crippen molar-refractivity contribution in [1.82, 2.24) is 14.6 Å². The third-order valence-corrected chi connectivity index (χ3v) is 2.45. The van der Waals surface area contributed by atoms with Crippen molar-refractivity contribution in [2.24, 2.45) is 0 Å². The summed E-state index contributed by atoms with van der Waals surface area (Å²) in [5.41, 5.74) is 0.679. The van der Waals surface area contributed by atoms with E-state index in [1.807, 2.05) is 22.6 Å². The Balaban J connectivity index is 2.87. The molecule has 2 heterocycles. The summed E-state index contributed by atoms with van der Waals surface area (Å²) in [6.07, 6.45) is 1.40. The molecule has 0 fully saturated rings. The van der Waals surface area contributed by atoms with Crippen LogP contribution in [-0.4, -0.2) is 14.6 Å². The van der Waals surface area contributed by atoms with E-state index in [4.69, 9.17) is 0 Å². The molecule has 2 aromatic heterocycles. The summed E-state index contributed by atoms with van der Waals surface area (Å²) in [6, 6.07) is 1.66. The fraction of sp³-hybridized carbons (Fsp3) is 0.143. The van der Waals surface area contributed by atoms with Crippen LogP contribution in [0.1, 0.15) is 5.82 Å². The highest BCUT2D eigenvalue weighted by Crippen LogP contribution is 2.13. The second kappa shape index (κ2) is 2.65. The highest BCUT2D eigenvalue weighted by atomic mass is 127. The van der Waals surface area contributed by atoms with Gasteiger partial charge in [0.15, 0.2) is 11.5 Å². The minimum Gasteiger partial charge on any atom is -0.284 e. The molecule has 0 saturated heterocycles. The van der Waals surface area contributed by atoms with Crippen LogP contribution >= 0.6 is 22.6 Å². The molecule has 3 nitrogen and oxygen atoms in total. The molecule has 5 heteroatoms. The quantitative estimate of drug-likeness (QED) is 0.687. The Kier molecular flexibility index (Phi) is 1.75. The summed E-state index contributed by atoms with van der Waals surface area (Å²) in [6.45, 7) is 1.78. The van der Waals surface area contributed by atoms with Gasteiger partial charge in [-0.05, 0) is 35.6 Å². The predicted octanol–water partition coefficient (Wildman–Crippen LogP) is 1.78. The zero-order valence-electron chi connectivity index (χ0n) is 6.25. The maximum Gasteiger partial charge on any atom is 0.162 e. The highest BCUT2D eigenvalue weighted by Gasteiger charge is 2.05. The lowest BCUT2D eigenvalue weighted by Crippen LogP contribution is -1.92.